The molecule has 4 rings (SSSR count). The number of unbranched alkanes of at least 4 members (excludes halogenated alkanes) is 5. The van der Waals surface area contributed by atoms with Gasteiger partial charge in [-0.2, -0.15) is 0 Å². The van der Waals surface area contributed by atoms with Crippen molar-refractivity contribution in [2.45, 2.75) is 98.3 Å². The standard InChI is InChI=1S/C42H53N2/c1-5-9-12-15-26-39-30-35(29-38(21-11-7-3)42(39)37-24-18-14-19-25-37)27-28-44(8-4)43-41-32-34(20-10-6-2)31-40(33-41)36-22-16-13-17-23-36/h13-14,16-19,22-25,27-33H,5-12,15,20-21,26H2,1-4H3/q+1. The van der Waals surface area contributed by atoms with Gasteiger partial charge in [0, 0.05) is 6.08 Å². The van der Waals surface area contributed by atoms with Gasteiger partial charge in [0.25, 0.3) is 0 Å². The lowest BCUT2D eigenvalue weighted by molar-refractivity contribution is -0.519. The maximum absolute atomic E-state index is 5.12. The van der Waals surface area contributed by atoms with E-state index in [0.29, 0.717) is 0 Å². The smallest absolute Gasteiger partial charge is 0.0910 e. The van der Waals surface area contributed by atoms with Crippen molar-refractivity contribution >= 4 is 11.8 Å². The van der Waals surface area contributed by atoms with Gasteiger partial charge in [-0.1, -0.05) is 136 Å². The molecule has 0 bridgehead atoms. The zero-order chi connectivity index (χ0) is 31.0. The summed E-state index contributed by atoms with van der Waals surface area (Å²) in [6, 6.07) is 33.4. The Bertz CT molecular complexity index is 1480. The summed E-state index contributed by atoms with van der Waals surface area (Å²) in [6.07, 6.45) is 17.6. The number of hydrogen-bond acceptors (Lipinski definition) is 1. The average molecular weight is 586 g/mol. The van der Waals surface area contributed by atoms with E-state index in [1.165, 1.54) is 95.9 Å². The SMILES string of the molecule is CCCCCCc1cc(C=C[N+](CC)=Nc2cc(CCCC)cc(-c3ccccc3)c2)cc(CCCC)c1-c1ccccc1. The molecule has 4 aromatic rings. The van der Waals surface area contributed by atoms with Gasteiger partial charge in [-0.15, -0.1) is 0 Å². The Balaban J connectivity index is 1.71. The van der Waals surface area contributed by atoms with Crippen LogP contribution in [-0.4, -0.2) is 11.2 Å². The van der Waals surface area contributed by atoms with Gasteiger partial charge in [-0.25, -0.2) is 0 Å². The first kappa shape index (κ1) is 33.1. The van der Waals surface area contributed by atoms with E-state index >= 15 is 0 Å². The number of nitrogens with zero attached hydrogens (tertiary/aromatic N) is 2. The molecule has 0 heterocycles. The summed E-state index contributed by atoms with van der Waals surface area (Å²) in [6.45, 7) is 9.83. The van der Waals surface area contributed by atoms with Crippen molar-refractivity contribution < 1.29 is 4.70 Å². The van der Waals surface area contributed by atoms with Gasteiger partial charge < -0.3 is 0 Å². The Morgan fingerprint density at radius 2 is 1.18 bits per heavy atom. The van der Waals surface area contributed by atoms with Crippen LogP contribution in [0.2, 0.25) is 0 Å². The van der Waals surface area contributed by atoms with Crippen LogP contribution >= 0.6 is 0 Å². The van der Waals surface area contributed by atoms with Crippen LogP contribution in [0.5, 0.6) is 0 Å². The van der Waals surface area contributed by atoms with Crippen LogP contribution in [0, 0.1) is 0 Å². The highest BCUT2D eigenvalue weighted by Gasteiger charge is 2.13. The summed E-state index contributed by atoms with van der Waals surface area (Å²) in [5.41, 5.74) is 11.9. The summed E-state index contributed by atoms with van der Waals surface area (Å²) in [4.78, 5) is 0. The molecule has 0 saturated carbocycles. The molecule has 0 radical (unpaired) electrons. The highest BCUT2D eigenvalue weighted by molar-refractivity contribution is 5.74. The lowest BCUT2D eigenvalue weighted by Gasteiger charge is -2.17. The Morgan fingerprint density at radius 1 is 0.568 bits per heavy atom. The molecule has 0 aliphatic carbocycles. The number of benzene rings is 4. The van der Waals surface area contributed by atoms with Gasteiger partial charge in [0.1, 0.15) is 5.69 Å². The van der Waals surface area contributed by atoms with Crippen molar-refractivity contribution in [3.8, 4) is 22.3 Å². The molecule has 2 heteroatoms. The molecule has 4 aromatic carbocycles. The van der Waals surface area contributed by atoms with Gasteiger partial charge >= 0.3 is 0 Å². The first-order valence-corrected chi connectivity index (χ1v) is 17.2. The normalized spacial score (nSPS) is 11.9. The predicted molar refractivity (Wildman–Crippen MR) is 191 cm³/mol. The van der Waals surface area contributed by atoms with Crippen LogP contribution < -0.4 is 0 Å². The fraction of sp³-hybridized carbons (Fsp3) is 0.381. The van der Waals surface area contributed by atoms with Crippen molar-refractivity contribution in [1.82, 2.24) is 0 Å². The molecule has 44 heavy (non-hydrogen) atoms. The molecule has 0 aliphatic heterocycles. The summed E-state index contributed by atoms with van der Waals surface area (Å²) in [5, 5.41) is 5.12. The maximum atomic E-state index is 5.12. The lowest BCUT2D eigenvalue weighted by atomic mass is 9.87. The molecule has 0 aliphatic rings. The molecule has 2 nitrogen and oxygen atoms in total. The minimum absolute atomic E-state index is 0.811. The van der Waals surface area contributed by atoms with Crippen molar-refractivity contribution in [2.75, 3.05) is 6.54 Å². The van der Waals surface area contributed by atoms with Crippen molar-refractivity contribution in [3.05, 3.63) is 119 Å². The summed E-state index contributed by atoms with van der Waals surface area (Å²) < 4.78 is 2.09. The first-order chi connectivity index (χ1) is 21.6. The molecular formula is C42H53N2+. The van der Waals surface area contributed by atoms with Crippen molar-refractivity contribution in [3.63, 3.8) is 0 Å². The molecule has 0 spiro atoms. The van der Waals surface area contributed by atoms with Crippen LogP contribution in [0.4, 0.5) is 5.69 Å². The third-order valence-corrected chi connectivity index (χ3v) is 8.40. The van der Waals surface area contributed by atoms with E-state index in [-0.39, 0.29) is 0 Å². The van der Waals surface area contributed by atoms with Crippen LogP contribution in [-0.2, 0) is 19.3 Å². The van der Waals surface area contributed by atoms with Gasteiger partial charge in [0.15, 0.2) is 12.7 Å². The highest BCUT2D eigenvalue weighted by Crippen LogP contribution is 2.33. The van der Waals surface area contributed by atoms with E-state index in [1.54, 1.807) is 0 Å². The molecule has 230 valence electrons. The zero-order valence-electron chi connectivity index (χ0n) is 27.7. The van der Waals surface area contributed by atoms with E-state index in [9.17, 15) is 0 Å². The molecule has 0 aromatic heterocycles. The van der Waals surface area contributed by atoms with Crippen molar-refractivity contribution in [2.24, 2.45) is 5.11 Å². The number of azo groups is 2. The Kier molecular flexibility index (Phi) is 13.6. The first-order valence-electron chi connectivity index (χ1n) is 17.2. The van der Waals surface area contributed by atoms with Crippen LogP contribution in [0.15, 0.2) is 102 Å². The molecule has 0 saturated heterocycles. The Labute approximate surface area is 267 Å². The molecule has 0 unspecified atom stereocenters. The number of rotatable bonds is 17. The quantitative estimate of drug-likeness (QED) is 0.0665. The Morgan fingerprint density at radius 3 is 1.82 bits per heavy atom. The van der Waals surface area contributed by atoms with E-state index in [0.717, 1.165) is 31.5 Å². The van der Waals surface area contributed by atoms with E-state index < -0.39 is 0 Å². The van der Waals surface area contributed by atoms with Crippen LogP contribution in [0.1, 0.15) is 101 Å². The zero-order valence-corrected chi connectivity index (χ0v) is 27.7. The second-order valence-corrected chi connectivity index (χ2v) is 12.0. The molecule has 0 amide bonds. The molecule has 0 atom stereocenters. The van der Waals surface area contributed by atoms with Gasteiger partial charge in [-0.05, 0) is 107 Å². The van der Waals surface area contributed by atoms with Crippen molar-refractivity contribution in [1.29, 1.82) is 0 Å². The monoisotopic (exact) mass is 585 g/mol. The predicted octanol–water partition coefficient (Wildman–Crippen LogP) is 12.6. The largest absolute Gasteiger partial charge is 0.196 e. The summed E-state index contributed by atoms with van der Waals surface area (Å²) in [5.74, 6) is 0. The van der Waals surface area contributed by atoms with E-state index in [1.807, 2.05) is 0 Å². The summed E-state index contributed by atoms with van der Waals surface area (Å²) >= 11 is 0. The van der Waals surface area contributed by atoms with E-state index in [4.69, 9.17) is 5.11 Å². The topological polar surface area (TPSA) is 15.4 Å². The second kappa shape index (κ2) is 18.1. The third kappa shape index (κ3) is 9.88. The molecule has 0 N–H and O–H groups in total. The number of aryl methyl sites for hydroxylation is 3. The molecular weight excluding hydrogens is 532 g/mol. The molecule has 0 fully saturated rings. The fourth-order valence-corrected chi connectivity index (χ4v) is 5.95. The van der Waals surface area contributed by atoms with Crippen LogP contribution in [0.25, 0.3) is 28.3 Å². The van der Waals surface area contributed by atoms with Gasteiger partial charge in [-0.3, -0.25) is 0 Å². The van der Waals surface area contributed by atoms with Gasteiger partial charge in [0.05, 0.1) is 0 Å². The minimum Gasteiger partial charge on any atom is -0.0910 e. The third-order valence-electron chi connectivity index (χ3n) is 8.40. The van der Waals surface area contributed by atoms with Gasteiger partial charge in [0.2, 0.25) is 0 Å². The maximum Gasteiger partial charge on any atom is 0.196 e. The average Bonchev–Trinajstić information content (AvgIpc) is 3.07. The Hall–Kier alpha value is -3.78. The van der Waals surface area contributed by atoms with E-state index in [2.05, 4.69) is 136 Å². The fourth-order valence-electron chi connectivity index (χ4n) is 5.95. The summed E-state index contributed by atoms with van der Waals surface area (Å²) in [7, 11) is 0. The highest BCUT2D eigenvalue weighted by atomic mass is 15.2. The minimum atomic E-state index is 0.811. The second-order valence-electron chi connectivity index (χ2n) is 12.0. The lowest BCUT2D eigenvalue weighted by Crippen LogP contribution is -2.01. The number of hydrogen-bond donors (Lipinski definition) is 0. The van der Waals surface area contributed by atoms with Crippen LogP contribution in [0.3, 0.4) is 0 Å².